The molecule has 4 unspecified atom stereocenters. The van der Waals surface area contributed by atoms with Gasteiger partial charge in [0.25, 0.3) is 0 Å². The molecular weight excluding hydrogens is 415 g/mol. The summed E-state index contributed by atoms with van der Waals surface area (Å²) in [5.74, 6) is 4.52. The van der Waals surface area contributed by atoms with E-state index in [-0.39, 0.29) is 0 Å². The van der Waals surface area contributed by atoms with Gasteiger partial charge in [0.2, 0.25) is 0 Å². The van der Waals surface area contributed by atoms with E-state index in [0.29, 0.717) is 0 Å². The van der Waals surface area contributed by atoms with Crippen LogP contribution in [-0.4, -0.2) is 3.92 Å². The van der Waals surface area contributed by atoms with Gasteiger partial charge in [-0.1, -0.05) is 64.1 Å². The van der Waals surface area contributed by atoms with E-state index in [1.54, 1.807) is 11.1 Å². The number of halogens is 1. The first-order chi connectivity index (χ1) is 12.3. The number of hydrogen-bond donors (Lipinski definition) is 0. The summed E-state index contributed by atoms with van der Waals surface area (Å²) >= 11 is 2.62. The molecule has 0 saturated heterocycles. The Morgan fingerprint density at radius 2 is 1.72 bits per heavy atom. The molecule has 0 N–H and O–H groups in total. The van der Waals surface area contributed by atoms with Crippen LogP contribution in [-0.2, 0) is 0 Å². The molecule has 1 fully saturated rings. The number of allylic oxidation sites excluding steroid dienone is 8. The van der Waals surface area contributed by atoms with Crippen LogP contribution in [0.2, 0.25) is 0 Å². The first-order valence-electron chi connectivity index (χ1n) is 10.7. The summed E-state index contributed by atoms with van der Waals surface area (Å²) in [5, 5.41) is 0. The molecule has 25 heavy (non-hydrogen) atoms. The summed E-state index contributed by atoms with van der Waals surface area (Å²) in [6.07, 6.45) is 26.8. The van der Waals surface area contributed by atoms with Gasteiger partial charge in [0, 0.05) is 9.84 Å². The molecule has 134 valence electrons. The van der Waals surface area contributed by atoms with E-state index >= 15 is 0 Å². The van der Waals surface area contributed by atoms with Crippen molar-refractivity contribution in [3.63, 3.8) is 0 Å². The first-order valence-corrected chi connectivity index (χ1v) is 11.9. The van der Waals surface area contributed by atoms with Gasteiger partial charge in [0.1, 0.15) is 0 Å². The lowest BCUT2D eigenvalue weighted by Gasteiger charge is -2.43. The largest absolute Gasteiger partial charge is 0.0841 e. The van der Waals surface area contributed by atoms with Crippen molar-refractivity contribution in [3.05, 3.63) is 47.1 Å². The van der Waals surface area contributed by atoms with Crippen LogP contribution in [0.3, 0.4) is 0 Å². The molecule has 0 aliphatic heterocycles. The average Bonchev–Trinajstić information content (AvgIpc) is 2.67. The van der Waals surface area contributed by atoms with Crippen molar-refractivity contribution in [2.75, 3.05) is 0 Å². The molecule has 0 aromatic heterocycles. The van der Waals surface area contributed by atoms with Gasteiger partial charge in [-0.25, -0.2) is 0 Å². The Bertz CT molecular complexity index is 649. The van der Waals surface area contributed by atoms with Crippen LogP contribution in [0.5, 0.6) is 0 Å². The molecule has 0 heterocycles. The summed E-state index contributed by atoms with van der Waals surface area (Å²) in [5.41, 5.74) is 5.34. The Morgan fingerprint density at radius 1 is 0.840 bits per heavy atom. The Morgan fingerprint density at radius 3 is 2.64 bits per heavy atom. The fraction of sp³-hybridized carbons (Fsp3) is 0.667. The lowest BCUT2D eigenvalue weighted by Crippen LogP contribution is -2.32. The van der Waals surface area contributed by atoms with Gasteiger partial charge in [-0.15, -0.1) is 0 Å². The van der Waals surface area contributed by atoms with Crippen molar-refractivity contribution >= 4 is 22.6 Å². The average molecular weight is 446 g/mol. The van der Waals surface area contributed by atoms with Gasteiger partial charge in [0.15, 0.2) is 0 Å². The second-order valence-electron chi connectivity index (χ2n) is 9.17. The van der Waals surface area contributed by atoms with Crippen LogP contribution in [0.1, 0.15) is 64.2 Å². The number of alkyl halides is 1. The summed E-state index contributed by atoms with van der Waals surface area (Å²) in [6.45, 7) is 0. The van der Waals surface area contributed by atoms with E-state index in [1.165, 1.54) is 64.2 Å². The van der Waals surface area contributed by atoms with E-state index in [0.717, 1.165) is 33.5 Å². The molecule has 1 saturated carbocycles. The van der Waals surface area contributed by atoms with Crippen LogP contribution < -0.4 is 0 Å². The molecule has 0 amide bonds. The van der Waals surface area contributed by atoms with Gasteiger partial charge in [-0.05, 0) is 93.5 Å². The highest BCUT2D eigenvalue weighted by atomic mass is 127. The lowest BCUT2D eigenvalue weighted by atomic mass is 9.63. The maximum atomic E-state index is 2.78. The zero-order chi connectivity index (χ0) is 16.8. The lowest BCUT2D eigenvalue weighted by molar-refractivity contribution is 0.160. The molecular formula is C24H31I. The van der Waals surface area contributed by atoms with E-state index < -0.39 is 0 Å². The monoisotopic (exact) mass is 446 g/mol. The molecule has 0 aromatic carbocycles. The molecule has 0 nitrogen and oxygen atoms in total. The Hall–Kier alpha value is -0.310. The molecule has 6 atom stereocenters. The zero-order valence-corrected chi connectivity index (χ0v) is 17.5. The van der Waals surface area contributed by atoms with Crippen molar-refractivity contribution in [1.29, 1.82) is 0 Å². The van der Waals surface area contributed by atoms with Crippen LogP contribution in [0, 0.1) is 29.6 Å². The Labute approximate surface area is 167 Å². The highest BCUT2D eigenvalue weighted by Crippen LogP contribution is 2.50. The summed E-state index contributed by atoms with van der Waals surface area (Å²) < 4.78 is 0.793. The van der Waals surface area contributed by atoms with Crippen LogP contribution in [0.4, 0.5) is 0 Å². The van der Waals surface area contributed by atoms with Crippen molar-refractivity contribution in [2.24, 2.45) is 29.6 Å². The summed E-state index contributed by atoms with van der Waals surface area (Å²) in [7, 11) is 0. The van der Waals surface area contributed by atoms with Gasteiger partial charge >= 0.3 is 0 Å². The number of fused-ring (bicyclic) bond motifs is 3. The normalized spacial score (nSPS) is 43.2. The first kappa shape index (κ1) is 16.8. The van der Waals surface area contributed by atoms with Gasteiger partial charge < -0.3 is 0 Å². The molecule has 5 aliphatic rings. The van der Waals surface area contributed by atoms with E-state index in [2.05, 4.69) is 53.0 Å². The van der Waals surface area contributed by atoms with Crippen LogP contribution in [0.25, 0.3) is 0 Å². The summed E-state index contributed by atoms with van der Waals surface area (Å²) in [4.78, 5) is 0. The third-order valence-corrected chi connectivity index (χ3v) is 8.79. The second kappa shape index (κ2) is 7.02. The molecule has 5 rings (SSSR count). The molecule has 0 aromatic rings. The Balaban J connectivity index is 1.32. The standard InChI is InChI=1S/C24H31I/c25-22-11-9-18-13-17(6-7-20(18)15-22)19-10-12-24-21(14-19)8-5-16-3-1-2-4-23(16)24/h2,4,9,11,14,17-20,22,24H,1,3,5-8,10,12-13,15H2/t17?,18?,19-,20?,22+,24?/m1/s1. The fourth-order valence-electron chi connectivity index (χ4n) is 6.51. The van der Waals surface area contributed by atoms with E-state index in [1.807, 2.05) is 5.57 Å². The van der Waals surface area contributed by atoms with Crippen molar-refractivity contribution in [3.8, 4) is 0 Å². The van der Waals surface area contributed by atoms with Crippen molar-refractivity contribution in [1.82, 2.24) is 0 Å². The minimum Gasteiger partial charge on any atom is -0.0841 e. The van der Waals surface area contributed by atoms with Crippen LogP contribution >= 0.6 is 22.6 Å². The van der Waals surface area contributed by atoms with E-state index in [9.17, 15) is 0 Å². The molecule has 0 radical (unpaired) electrons. The maximum absolute atomic E-state index is 2.78. The van der Waals surface area contributed by atoms with Gasteiger partial charge in [-0.3, -0.25) is 0 Å². The molecule has 1 heteroatoms. The van der Waals surface area contributed by atoms with Gasteiger partial charge in [-0.2, -0.15) is 0 Å². The quantitative estimate of drug-likeness (QED) is 0.227. The van der Waals surface area contributed by atoms with Gasteiger partial charge in [0.05, 0.1) is 0 Å². The zero-order valence-electron chi connectivity index (χ0n) is 15.3. The number of hydrogen-bond acceptors (Lipinski definition) is 0. The summed E-state index contributed by atoms with van der Waals surface area (Å²) in [6, 6.07) is 0. The third-order valence-electron chi connectivity index (χ3n) is 7.86. The third kappa shape index (κ3) is 3.24. The molecule has 0 bridgehead atoms. The van der Waals surface area contributed by atoms with Crippen LogP contribution in [0.15, 0.2) is 47.1 Å². The fourth-order valence-corrected chi connectivity index (χ4v) is 7.40. The van der Waals surface area contributed by atoms with Crippen molar-refractivity contribution in [2.45, 2.75) is 68.1 Å². The Kier molecular flexibility index (Phi) is 4.73. The molecule has 0 spiro atoms. The highest BCUT2D eigenvalue weighted by molar-refractivity contribution is 14.1. The minimum absolute atomic E-state index is 0.793. The topological polar surface area (TPSA) is 0 Å². The predicted molar refractivity (Wildman–Crippen MR) is 115 cm³/mol. The van der Waals surface area contributed by atoms with E-state index in [4.69, 9.17) is 0 Å². The highest BCUT2D eigenvalue weighted by Gasteiger charge is 2.37. The van der Waals surface area contributed by atoms with Crippen molar-refractivity contribution < 1.29 is 0 Å². The second-order valence-corrected chi connectivity index (χ2v) is 10.8. The minimum atomic E-state index is 0.793. The molecule has 5 aliphatic carbocycles. The maximum Gasteiger partial charge on any atom is 0.0292 e. The number of rotatable bonds is 1. The SMILES string of the molecule is I[C@H]1C=CC2CC([C@H]3C=C4CCC5=C(C=CCC5)C4CC3)CCC2C1. The predicted octanol–water partition coefficient (Wildman–Crippen LogP) is 7.18. The smallest absolute Gasteiger partial charge is 0.0292 e.